The molecule has 4 nitrogen and oxygen atoms in total. The van der Waals surface area contributed by atoms with E-state index >= 15 is 0 Å². The Kier molecular flexibility index (Phi) is 6.11. The molecule has 1 saturated heterocycles. The van der Waals surface area contributed by atoms with E-state index in [2.05, 4.69) is 5.92 Å². The van der Waals surface area contributed by atoms with Crippen molar-refractivity contribution < 1.29 is 14.3 Å². The maximum Gasteiger partial charge on any atom is 0.257 e. The first-order valence-corrected chi connectivity index (χ1v) is 7.67. The Morgan fingerprint density at radius 1 is 1.45 bits per heavy atom. The van der Waals surface area contributed by atoms with E-state index in [1.54, 1.807) is 25.3 Å². The molecule has 2 rings (SSSR count). The minimum atomic E-state index is -0.0395. The van der Waals surface area contributed by atoms with Crippen molar-refractivity contribution >= 4 is 17.5 Å². The van der Waals surface area contributed by atoms with Crippen molar-refractivity contribution in [3.05, 3.63) is 28.8 Å². The van der Waals surface area contributed by atoms with Crippen LogP contribution in [0.1, 0.15) is 23.2 Å². The number of terminal acetylenes is 1. The summed E-state index contributed by atoms with van der Waals surface area (Å²) in [6, 6.07) is 5.09. The highest BCUT2D eigenvalue weighted by Gasteiger charge is 2.25. The van der Waals surface area contributed by atoms with Gasteiger partial charge in [-0.15, -0.1) is 6.42 Å². The van der Waals surface area contributed by atoms with Gasteiger partial charge in [-0.1, -0.05) is 17.5 Å². The quantitative estimate of drug-likeness (QED) is 0.618. The average Bonchev–Trinajstić information content (AvgIpc) is 2.55. The second-order valence-corrected chi connectivity index (χ2v) is 5.74. The number of nitrogens with zero attached hydrogens (tertiary/aromatic N) is 1. The molecule has 0 radical (unpaired) electrons. The topological polar surface area (TPSA) is 38.8 Å². The molecule has 0 N–H and O–H groups in total. The number of carbonyl (C=O) groups is 1. The van der Waals surface area contributed by atoms with Crippen LogP contribution in [0.25, 0.3) is 0 Å². The van der Waals surface area contributed by atoms with Crippen LogP contribution in [0.5, 0.6) is 5.75 Å². The molecule has 0 atom stereocenters. The summed E-state index contributed by atoms with van der Waals surface area (Å²) < 4.78 is 10.6. The summed E-state index contributed by atoms with van der Waals surface area (Å²) in [7, 11) is 1.55. The SMILES string of the molecule is C#CCOCC1CCN(C(=O)c2cc(Cl)ccc2OC)CC1. The number of rotatable bonds is 5. The third-order valence-corrected chi connectivity index (χ3v) is 4.07. The lowest BCUT2D eigenvalue weighted by molar-refractivity contribution is 0.0579. The lowest BCUT2D eigenvalue weighted by atomic mass is 9.97. The van der Waals surface area contributed by atoms with Crippen LogP contribution < -0.4 is 4.74 Å². The fourth-order valence-corrected chi connectivity index (χ4v) is 2.78. The molecule has 0 aromatic heterocycles. The van der Waals surface area contributed by atoms with E-state index in [4.69, 9.17) is 27.5 Å². The lowest BCUT2D eigenvalue weighted by Crippen LogP contribution is -2.39. The smallest absolute Gasteiger partial charge is 0.257 e. The Morgan fingerprint density at radius 3 is 2.82 bits per heavy atom. The minimum absolute atomic E-state index is 0.0395. The molecule has 0 spiro atoms. The second-order valence-electron chi connectivity index (χ2n) is 5.30. The van der Waals surface area contributed by atoms with Crippen molar-refractivity contribution in [1.29, 1.82) is 0 Å². The predicted molar refractivity (Wildman–Crippen MR) is 86.3 cm³/mol. The highest BCUT2D eigenvalue weighted by Crippen LogP contribution is 2.26. The Balaban J connectivity index is 1.95. The molecule has 0 saturated carbocycles. The zero-order chi connectivity index (χ0) is 15.9. The van der Waals surface area contributed by atoms with Crippen molar-refractivity contribution in [3.63, 3.8) is 0 Å². The van der Waals surface area contributed by atoms with Crippen molar-refractivity contribution in [2.24, 2.45) is 5.92 Å². The number of halogens is 1. The number of likely N-dealkylation sites (tertiary alicyclic amines) is 1. The van der Waals surface area contributed by atoms with Gasteiger partial charge in [0.1, 0.15) is 12.4 Å². The Hall–Kier alpha value is -1.70. The zero-order valence-corrected chi connectivity index (χ0v) is 13.4. The van der Waals surface area contributed by atoms with E-state index < -0.39 is 0 Å². The zero-order valence-electron chi connectivity index (χ0n) is 12.7. The van der Waals surface area contributed by atoms with Gasteiger partial charge in [0.15, 0.2) is 0 Å². The number of benzene rings is 1. The highest BCUT2D eigenvalue weighted by atomic mass is 35.5. The van der Waals surface area contributed by atoms with Crippen LogP contribution in [0.4, 0.5) is 0 Å². The largest absolute Gasteiger partial charge is 0.496 e. The van der Waals surface area contributed by atoms with Crippen LogP contribution in [-0.2, 0) is 4.74 Å². The van der Waals surface area contributed by atoms with Gasteiger partial charge in [-0.05, 0) is 37.0 Å². The average molecular weight is 322 g/mol. The molecule has 1 amide bonds. The maximum atomic E-state index is 12.6. The van der Waals surface area contributed by atoms with Gasteiger partial charge >= 0.3 is 0 Å². The van der Waals surface area contributed by atoms with Gasteiger partial charge in [0.25, 0.3) is 5.91 Å². The van der Waals surface area contributed by atoms with E-state index in [0.717, 1.165) is 12.8 Å². The Bertz CT molecular complexity index is 560. The number of carbonyl (C=O) groups excluding carboxylic acids is 1. The molecule has 22 heavy (non-hydrogen) atoms. The standard InChI is InChI=1S/C17H20ClNO3/c1-3-10-22-12-13-6-8-19(9-7-13)17(20)15-11-14(18)4-5-16(15)21-2/h1,4-5,11,13H,6-10,12H2,2H3. The third kappa shape index (κ3) is 4.16. The van der Waals surface area contributed by atoms with E-state index in [9.17, 15) is 4.79 Å². The van der Waals surface area contributed by atoms with Crippen LogP contribution >= 0.6 is 11.6 Å². The van der Waals surface area contributed by atoms with Gasteiger partial charge in [0, 0.05) is 18.1 Å². The van der Waals surface area contributed by atoms with Gasteiger partial charge in [0.05, 0.1) is 19.3 Å². The highest BCUT2D eigenvalue weighted by molar-refractivity contribution is 6.31. The number of amides is 1. The number of hydrogen-bond donors (Lipinski definition) is 0. The van der Waals surface area contributed by atoms with Gasteiger partial charge in [0.2, 0.25) is 0 Å². The monoisotopic (exact) mass is 321 g/mol. The van der Waals surface area contributed by atoms with Gasteiger partial charge in [-0.2, -0.15) is 0 Å². The maximum absolute atomic E-state index is 12.6. The normalized spacial score (nSPS) is 15.4. The molecule has 0 aliphatic carbocycles. The molecule has 118 valence electrons. The third-order valence-electron chi connectivity index (χ3n) is 3.83. The predicted octanol–water partition coefficient (Wildman–Crippen LogP) is 2.85. The number of methoxy groups -OCH3 is 1. The first kappa shape index (κ1) is 16.7. The van der Waals surface area contributed by atoms with Crippen molar-refractivity contribution in [2.45, 2.75) is 12.8 Å². The molecule has 1 aromatic rings. The van der Waals surface area contributed by atoms with E-state index in [0.29, 0.717) is 48.6 Å². The molecular formula is C17H20ClNO3. The summed E-state index contributed by atoms with van der Waals surface area (Å²) in [6.07, 6.45) is 6.99. The molecule has 0 unspecified atom stereocenters. The van der Waals surface area contributed by atoms with E-state index in [-0.39, 0.29) is 5.91 Å². The number of hydrogen-bond acceptors (Lipinski definition) is 3. The first-order valence-electron chi connectivity index (χ1n) is 7.29. The van der Waals surface area contributed by atoms with Crippen molar-refractivity contribution in [1.82, 2.24) is 4.90 Å². The van der Waals surface area contributed by atoms with Crippen LogP contribution in [0, 0.1) is 18.3 Å². The van der Waals surface area contributed by atoms with Crippen LogP contribution in [0.15, 0.2) is 18.2 Å². The number of piperidine rings is 1. The molecule has 1 heterocycles. The number of ether oxygens (including phenoxy) is 2. The summed E-state index contributed by atoms with van der Waals surface area (Å²) in [5, 5.41) is 0.529. The summed E-state index contributed by atoms with van der Waals surface area (Å²) in [4.78, 5) is 14.5. The van der Waals surface area contributed by atoms with E-state index in [1.807, 2.05) is 4.90 Å². The molecule has 0 bridgehead atoms. The fraction of sp³-hybridized carbons (Fsp3) is 0.471. The van der Waals surface area contributed by atoms with Gasteiger partial charge in [-0.3, -0.25) is 4.79 Å². The van der Waals surface area contributed by atoms with E-state index in [1.165, 1.54) is 0 Å². The van der Waals surface area contributed by atoms with Crippen LogP contribution in [-0.4, -0.2) is 44.2 Å². The molecule has 1 fully saturated rings. The minimum Gasteiger partial charge on any atom is -0.496 e. The van der Waals surface area contributed by atoms with Crippen LogP contribution in [0.3, 0.4) is 0 Å². The Morgan fingerprint density at radius 2 is 2.18 bits per heavy atom. The summed E-state index contributed by atoms with van der Waals surface area (Å²) in [5.74, 6) is 3.43. The molecule has 1 aliphatic heterocycles. The van der Waals surface area contributed by atoms with Crippen LogP contribution in [0.2, 0.25) is 5.02 Å². The van der Waals surface area contributed by atoms with Crippen molar-refractivity contribution in [3.8, 4) is 18.1 Å². The Labute approximate surface area is 136 Å². The molecule has 5 heteroatoms. The fourth-order valence-electron chi connectivity index (χ4n) is 2.60. The molecule has 1 aromatic carbocycles. The molecule has 1 aliphatic rings. The summed E-state index contributed by atoms with van der Waals surface area (Å²) in [6.45, 7) is 2.42. The van der Waals surface area contributed by atoms with Gasteiger partial charge in [-0.25, -0.2) is 0 Å². The summed E-state index contributed by atoms with van der Waals surface area (Å²) >= 11 is 5.99. The first-order chi connectivity index (χ1) is 10.7. The van der Waals surface area contributed by atoms with Gasteiger partial charge < -0.3 is 14.4 Å². The van der Waals surface area contributed by atoms with Crippen molar-refractivity contribution in [2.75, 3.05) is 33.4 Å². The summed E-state index contributed by atoms with van der Waals surface area (Å²) in [5.41, 5.74) is 0.511. The second kappa shape index (κ2) is 8.07. The lowest BCUT2D eigenvalue weighted by Gasteiger charge is -2.32. The molecular weight excluding hydrogens is 302 g/mol.